The van der Waals surface area contributed by atoms with Crippen LogP contribution in [0.1, 0.15) is 11.3 Å². The summed E-state index contributed by atoms with van der Waals surface area (Å²) in [6, 6.07) is 0. The number of aromatic amines is 1. The number of imidazole rings is 1. The lowest BCUT2D eigenvalue weighted by atomic mass is 10.2. The zero-order valence-corrected chi connectivity index (χ0v) is 9.01. The van der Waals surface area contributed by atoms with Gasteiger partial charge in [0.1, 0.15) is 0 Å². The Morgan fingerprint density at radius 2 is 2.36 bits per heavy atom. The third-order valence-corrected chi connectivity index (χ3v) is 2.75. The molecular formula is C9H12N4S. The zero-order chi connectivity index (χ0) is 10.1. The standard InChI is InChI=1S/C9H12N4S/c1-7-8(5-11-12(7)2)6-13-4-3-10-9(13)14/h3-5H,6H2,1-2H3,(H,10,14). The van der Waals surface area contributed by atoms with Crippen LogP contribution in [0.4, 0.5) is 0 Å². The molecule has 4 nitrogen and oxygen atoms in total. The fraction of sp³-hybridized carbons (Fsp3) is 0.333. The van der Waals surface area contributed by atoms with Crippen LogP contribution in [0.3, 0.4) is 0 Å². The van der Waals surface area contributed by atoms with E-state index in [0.717, 1.165) is 11.3 Å². The van der Waals surface area contributed by atoms with Crippen molar-refractivity contribution < 1.29 is 0 Å². The van der Waals surface area contributed by atoms with Gasteiger partial charge in [0.25, 0.3) is 0 Å². The second-order valence-corrected chi connectivity index (χ2v) is 3.66. The molecule has 0 amide bonds. The molecule has 0 radical (unpaired) electrons. The molecule has 0 spiro atoms. The van der Waals surface area contributed by atoms with Crippen molar-refractivity contribution >= 4 is 12.2 Å². The van der Waals surface area contributed by atoms with Crippen molar-refractivity contribution in [3.05, 3.63) is 34.6 Å². The quantitative estimate of drug-likeness (QED) is 0.762. The van der Waals surface area contributed by atoms with Crippen molar-refractivity contribution in [2.45, 2.75) is 13.5 Å². The maximum absolute atomic E-state index is 5.11. The molecule has 0 aliphatic carbocycles. The molecule has 0 aliphatic heterocycles. The van der Waals surface area contributed by atoms with Gasteiger partial charge < -0.3 is 9.55 Å². The van der Waals surface area contributed by atoms with Crippen LogP contribution in [-0.4, -0.2) is 19.3 Å². The second-order valence-electron chi connectivity index (χ2n) is 3.27. The Labute approximate surface area is 87.2 Å². The number of aryl methyl sites for hydroxylation is 1. The molecular weight excluding hydrogens is 196 g/mol. The number of hydrogen-bond acceptors (Lipinski definition) is 2. The van der Waals surface area contributed by atoms with Crippen LogP contribution in [0.25, 0.3) is 0 Å². The van der Waals surface area contributed by atoms with E-state index in [2.05, 4.69) is 17.0 Å². The Balaban J connectivity index is 2.32. The Morgan fingerprint density at radius 1 is 1.57 bits per heavy atom. The van der Waals surface area contributed by atoms with Gasteiger partial charge in [0.15, 0.2) is 4.77 Å². The fourth-order valence-corrected chi connectivity index (χ4v) is 1.55. The Bertz CT molecular complexity index is 491. The molecule has 0 aromatic carbocycles. The van der Waals surface area contributed by atoms with E-state index < -0.39 is 0 Å². The zero-order valence-electron chi connectivity index (χ0n) is 8.19. The van der Waals surface area contributed by atoms with E-state index in [4.69, 9.17) is 12.2 Å². The average molecular weight is 208 g/mol. The Hall–Kier alpha value is -1.36. The van der Waals surface area contributed by atoms with Gasteiger partial charge in [-0.15, -0.1) is 0 Å². The van der Waals surface area contributed by atoms with Crippen LogP contribution in [0.2, 0.25) is 0 Å². The molecule has 0 unspecified atom stereocenters. The highest BCUT2D eigenvalue weighted by atomic mass is 32.1. The van der Waals surface area contributed by atoms with E-state index in [9.17, 15) is 0 Å². The van der Waals surface area contributed by atoms with Crippen LogP contribution in [0, 0.1) is 11.7 Å². The summed E-state index contributed by atoms with van der Waals surface area (Å²) < 4.78 is 4.60. The minimum atomic E-state index is 0.744. The molecule has 2 heterocycles. The summed E-state index contributed by atoms with van der Waals surface area (Å²) in [5.41, 5.74) is 2.37. The SMILES string of the molecule is Cc1c(Cn2cc[nH]c2=S)cnn1C. The average Bonchev–Trinajstić information content (AvgIpc) is 2.68. The summed E-state index contributed by atoms with van der Waals surface area (Å²) in [5, 5.41) is 4.19. The number of nitrogens with zero attached hydrogens (tertiary/aromatic N) is 3. The highest BCUT2D eigenvalue weighted by Gasteiger charge is 2.04. The maximum Gasteiger partial charge on any atom is 0.177 e. The highest BCUT2D eigenvalue weighted by molar-refractivity contribution is 7.71. The van der Waals surface area contributed by atoms with E-state index >= 15 is 0 Å². The van der Waals surface area contributed by atoms with Crippen molar-refractivity contribution in [1.82, 2.24) is 19.3 Å². The first kappa shape index (κ1) is 9.21. The lowest BCUT2D eigenvalue weighted by molar-refractivity contribution is 0.729. The smallest absolute Gasteiger partial charge is 0.177 e. The molecule has 74 valence electrons. The van der Waals surface area contributed by atoms with Crippen LogP contribution < -0.4 is 0 Å². The summed E-state index contributed by atoms with van der Waals surface area (Å²) in [6.45, 7) is 2.83. The first-order valence-electron chi connectivity index (χ1n) is 4.40. The first-order chi connectivity index (χ1) is 6.68. The molecule has 1 N–H and O–H groups in total. The van der Waals surface area contributed by atoms with Crippen LogP contribution >= 0.6 is 12.2 Å². The van der Waals surface area contributed by atoms with Gasteiger partial charge in [-0.25, -0.2) is 0 Å². The third kappa shape index (κ3) is 1.50. The van der Waals surface area contributed by atoms with Gasteiger partial charge in [-0.05, 0) is 19.1 Å². The summed E-state index contributed by atoms with van der Waals surface area (Å²) in [5.74, 6) is 0. The summed E-state index contributed by atoms with van der Waals surface area (Å²) in [7, 11) is 1.94. The largest absolute Gasteiger partial charge is 0.337 e. The van der Waals surface area contributed by atoms with Crippen molar-refractivity contribution in [2.24, 2.45) is 7.05 Å². The molecule has 0 fully saturated rings. The summed E-state index contributed by atoms with van der Waals surface area (Å²) in [4.78, 5) is 2.97. The van der Waals surface area contributed by atoms with E-state index in [-0.39, 0.29) is 0 Å². The summed E-state index contributed by atoms with van der Waals surface area (Å²) in [6.07, 6.45) is 5.66. The van der Waals surface area contributed by atoms with Crippen LogP contribution in [0.5, 0.6) is 0 Å². The van der Waals surface area contributed by atoms with E-state index in [1.165, 1.54) is 11.3 Å². The molecule has 5 heteroatoms. The monoisotopic (exact) mass is 208 g/mol. The number of aromatic nitrogens is 4. The topological polar surface area (TPSA) is 38.5 Å². The molecule has 0 saturated carbocycles. The van der Waals surface area contributed by atoms with E-state index in [0.29, 0.717) is 0 Å². The molecule has 2 rings (SSSR count). The molecule has 0 saturated heterocycles. The van der Waals surface area contributed by atoms with Gasteiger partial charge in [0.2, 0.25) is 0 Å². The normalized spacial score (nSPS) is 10.7. The van der Waals surface area contributed by atoms with Gasteiger partial charge in [-0.3, -0.25) is 4.68 Å². The Morgan fingerprint density at radius 3 is 2.86 bits per heavy atom. The number of rotatable bonds is 2. The van der Waals surface area contributed by atoms with Crippen molar-refractivity contribution in [3.8, 4) is 0 Å². The fourth-order valence-electron chi connectivity index (χ4n) is 1.36. The van der Waals surface area contributed by atoms with Gasteiger partial charge >= 0.3 is 0 Å². The molecule has 2 aromatic heterocycles. The van der Waals surface area contributed by atoms with Crippen LogP contribution in [0.15, 0.2) is 18.6 Å². The highest BCUT2D eigenvalue weighted by Crippen LogP contribution is 2.07. The molecule has 2 aromatic rings. The maximum atomic E-state index is 5.11. The van der Waals surface area contributed by atoms with Crippen molar-refractivity contribution in [2.75, 3.05) is 0 Å². The first-order valence-corrected chi connectivity index (χ1v) is 4.80. The summed E-state index contributed by atoms with van der Waals surface area (Å²) >= 11 is 5.11. The van der Waals surface area contributed by atoms with E-state index in [1.54, 1.807) is 0 Å². The number of nitrogens with one attached hydrogen (secondary N) is 1. The second kappa shape index (κ2) is 3.42. The van der Waals surface area contributed by atoms with Gasteiger partial charge in [0, 0.05) is 30.7 Å². The molecule has 0 aliphatic rings. The predicted molar refractivity (Wildman–Crippen MR) is 56.7 cm³/mol. The van der Waals surface area contributed by atoms with Gasteiger partial charge in [0.05, 0.1) is 12.7 Å². The lowest BCUT2D eigenvalue weighted by Crippen LogP contribution is -2.00. The van der Waals surface area contributed by atoms with E-state index in [1.807, 2.05) is 34.9 Å². The van der Waals surface area contributed by atoms with Crippen molar-refractivity contribution in [1.29, 1.82) is 0 Å². The predicted octanol–water partition coefficient (Wildman–Crippen LogP) is 1.64. The number of hydrogen-bond donors (Lipinski definition) is 1. The Kier molecular flexibility index (Phi) is 2.25. The minimum absolute atomic E-state index is 0.744. The van der Waals surface area contributed by atoms with Gasteiger partial charge in [-0.2, -0.15) is 5.10 Å². The minimum Gasteiger partial charge on any atom is -0.337 e. The molecule has 0 bridgehead atoms. The number of H-pyrrole nitrogens is 1. The van der Waals surface area contributed by atoms with Gasteiger partial charge in [-0.1, -0.05) is 0 Å². The molecule has 14 heavy (non-hydrogen) atoms. The lowest BCUT2D eigenvalue weighted by Gasteiger charge is -2.01. The third-order valence-electron chi connectivity index (χ3n) is 2.40. The van der Waals surface area contributed by atoms with Crippen LogP contribution in [-0.2, 0) is 13.6 Å². The molecule has 0 atom stereocenters. The van der Waals surface area contributed by atoms with Crippen molar-refractivity contribution in [3.63, 3.8) is 0 Å².